The minimum absolute atomic E-state index is 0.156. The number of ether oxygens (including phenoxy) is 1. The van der Waals surface area contributed by atoms with Gasteiger partial charge in [0, 0.05) is 11.8 Å². The number of hydrogen-bond acceptors (Lipinski definition) is 4. The number of benzene rings is 1. The Hall–Kier alpha value is -2.14. The van der Waals surface area contributed by atoms with Gasteiger partial charge in [0.1, 0.15) is 18.2 Å². The Balaban J connectivity index is 2.01. The lowest BCUT2D eigenvalue weighted by molar-refractivity contribution is 0.295. The number of aromatic nitrogens is 2. The lowest BCUT2D eigenvalue weighted by Crippen LogP contribution is -2.15. The minimum Gasteiger partial charge on any atom is -0.486 e. The molecule has 1 aromatic heterocycles. The van der Waals surface area contributed by atoms with Crippen molar-refractivity contribution in [3.05, 3.63) is 57.8 Å². The Labute approximate surface area is 124 Å². The summed E-state index contributed by atoms with van der Waals surface area (Å²) in [6.07, 6.45) is 2.52. The van der Waals surface area contributed by atoms with Crippen molar-refractivity contribution in [2.45, 2.75) is 32.8 Å². The topological polar surface area (TPSA) is 81.0 Å². The molecule has 0 atom stereocenters. The van der Waals surface area contributed by atoms with Gasteiger partial charge in [-0.1, -0.05) is 19.1 Å². The third-order valence-electron chi connectivity index (χ3n) is 3.19. The Bertz CT molecular complexity index is 620. The zero-order chi connectivity index (χ0) is 15.1. The molecule has 2 rings (SSSR count). The quantitative estimate of drug-likeness (QED) is 0.813. The molecule has 1 heterocycles. The molecule has 0 amide bonds. The first-order valence-electron chi connectivity index (χ1n) is 7.22. The molecule has 0 saturated heterocycles. The molecule has 21 heavy (non-hydrogen) atoms. The van der Waals surface area contributed by atoms with Crippen molar-refractivity contribution in [1.82, 2.24) is 9.97 Å². The van der Waals surface area contributed by atoms with Crippen LogP contribution in [0.3, 0.4) is 0 Å². The van der Waals surface area contributed by atoms with Crippen LogP contribution in [0.4, 0.5) is 0 Å². The number of nitrogens with zero attached hydrogens (tertiary/aromatic N) is 1. The molecule has 0 aliphatic heterocycles. The van der Waals surface area contributed by atoms with Gasteiger partial charge in [-0.15, -0.1) is 0 Å². The molecule has 0 aliphatic carbocycles. The average Bonchev–Trinajstić information content (AvgIpc) is 2.51. The van der Waals surface area contributed by atoms with Crippen molar-refractivity contribution < 1.29 is 4.74 Å². The van der Waals surface area contributed by atoms with E-state index >= 15 is 0 Å². The molecule has 112 valence electrons. The maximum atomic E-state index is 11.6. The van der Waals surface area contributed by atoms with Crippen LogP contribution < -0.4 is 16.0 Å². The zero-order valence-corrected chi connectivity index (χ0v) is 12.3. The summed E-state index contributed by atoms with van der Waals surface area (Å²) in [5.41, 5.74) is 7.33. The monoisotopic (exact) mass is 287 g/mol. The van der Waals surface area contributed by atoms with Gasteiger partial charge in [0.05, 0.1) is 0 Å². The average molecular weight is 287 g/mol. The van der Waals surface area contributed by atoms with Crippen LogP contribution in [0.1, 0.15) is 30.4 Å². The summed E-state index contributed by atoms with van der Waals surface area (Å²) in [7, 11) is 0. The van der Waals surface area contributed by atoms with E-state index in [1.807, 2.05) is 24.3 Å². The predicted molar refractivity (Wildman–Crippen MR) is 82.4 cm³/mol. The number of aryl methyl sites for hydroxylation is 2. The first-order valence-corrected chi connectivity index (χ1v) is 7.22. The van der Waals surface area contributed by atoms with E-state index in [1.54, 1.807) is 0 Å². The maximum absolute atomic E-state index is 11.6. The van der Waals surface area contributed by atoms with Crippen molar-refractivity contribution in [1.29, 1.82) is 0 Å². The Morgan fingerprint density at radius 3 is 2.71 bits per heavy atom. The summed E-state index contributed by atoms with van der Waals surface area (Å²) in [5, 5.41) is 0. The number of H-pyrrole nitrogens is 1. The largest absolute Gasteiger partial charge is 0.486 e. The summed E-state index contributed by atoms with van der Waals surface area (Å²) in [6.45, 7) is 2.94. The number of aromatic amines is 1. The second-order valence-corrected chi connectivity index (χ2v) is 4.86. The molecular formula is C16H21N3O2. The predicted octanol–water partition coefficient (Wildman–Crippen LogP) is 1.80. The van der Waals surface area contributed by atoms with Gasteiger partial charge in [0.15, 0.2) is 0 Å². The molecule has 5 heteroatoms. The smallest absolute Gasteiger partial charge is 0.251 e. The lowest BCUT2D eigenvalue weighted by atomic mass is 10.2. The molecule has 5 nitrogen and oxygen atoms in total. The van der Waals surface area contributed by atoms with E-state index in [9.17, 15) is 4.79 Å². The summed E-state index contributed by atoms with van der Waals surface area (Å²) >= 11 is 0. The second-order valence-electron chi connectivity index (χ2n) is 4.86. The fourth-order valence-electron chi connectivity index (χ4n) is 2.02. The van der Waals surface area contributed by atoms with E-state index in [2.05, 4.69) is 16.9 Å². The number of rotatable bonds is 7. The molecule has 0 aliphatic rings. The summed E-state index contributed by atoms with van der Waals surface area (Å²) in [6, 6.07) is 9.42. The van der Waals surface area contributed by atoms with E-state index in [1.165, 1.54) is 11.6 Å². The van der Waals surface area contributed by atoms with Crippen molar-refractivity contribution in [3.8, 4) is 5.75 Å². The Kier molecular flexibility index (Phi) is 5.51. The van der Waals surface area contributed by atoms with Gasteiger partial charge in [-0.05, 0) is 43.5 Å². The van der Waals surface area contributed by atoms with Gasteiger partial charge in [-0.2, -0.15) is 0 Å². The van der Waals surface area contributed by atoms with Crippen LogP contribution in [0, 0.1) is 0 Å². The van der Waals surface area contributed by atoms with Crippen molar-refractivity contribution >= 4 is 0 Å². The Morgan fingerprint density at radius 1 is 1.29 bits per heavy atom. The van der Waals surface area contributed by atoms with Crippen LogP contribution in [0.25, 0.3) is 0 Å². The van der Waals surface area contributed by atoms with Gasteiger partial charge in [-0.25, -0.2) is 4.98 Å². The highest BCUT2D eigenvalue weighted by molar-refractivity contribution is 5.27. The van der Waals surface area contributed by atoms with Gasteiger partial charge in [0.2, 0.25) is 0 Å². The molecule has 0 unspecified atom stereocenters. The highest BCUT2D eigenvalue weighted by Crippen LogP contribution is 2.13. The van der Waals surface area contributed by atoms with Gasteiger partial charge >= 0.3 is 0 Å². The fraction of sp³-hybridized carbons (Fsp3) is 0.375. The second kappa shape index (κ2) is 7.59. The van der Waals surface area contributed by atoms with E-state index in [0.717, 1.165) is 24.3 Å². The summed E-state index contributed by atoms with van der Waals surface area (Å²) < 4.78 is 5.65. The van der Waals surface area contributed by atoms with Crippen LogP contribution in [0.15, 0.2) is 35.1 Å². The van der Waals surface area contributed by atoms with Crippen LogP contribution in [0.5, 0.6) is 5.75 Å². The van der Waals surface area contributed by atoms with E-state index < -0.39 is 0 Å². The molecule has 3 N–H and O–H groups in total. The molecule has 1 aromatic carbocycles. The maximum Gasteiger partial charge on any atom is 0.251 e. The van der Waals surface area contributed by atoms with E-state index in [-0.39, 0.29) is 12.2 Å². The van der Waals surface area contributed by atoms with E-state index in [4.69, 9.17) is 10.5 Å². The standard InChI is InChI=1S/C16H21N3O2/c1-2-12-5-7-14(8-6-12)21-11-15-18-13(4-3-9-17)10-16(20)19-15/h5-8,10H,2-4,9,11,17H2,1H3,(H,18,19,20). The Morgan fingerprint density at radius 2 is 2.05 bits per heavy atom. The molecule has 2 aromatic rings. The highest BCUT2D eigenvalue weighted by atomic mass is 16.5. The third-order valence-corrected chi connectivity index (χ3v) is 3.19. The summed E-state index contributed by atoms with van der Waals surface area (Å²) in [4.78, 5) is 18.7. The van der Waals surface area contributed by atoms with Crippen molar-refractivity contribution in [3.63, 3.8) is 0 Å². The molecule has 0 bridgehead atoms. The SMILES string of the molecule is CCc1ccc(OCc2nc(CCCN)cc(=O)[nH]2)cc1. The van der Waals surface area contributed by atoms with Crippen LogP contribution in [-0.2, 0) is 19.4 Å². The van der Waals surface area contributed by atoms with Crippen molar-refractivity contribution in [2.24, 2.45) is 5.73 Å². The molecular weight excluding hydrogens is 266 g/mol. The van der Waals surface area contributed by atoms with Crippen LogP contribution in [-0.4, -0.2) is 16.5 Å². The number of hydrogen-bond donors (Lipinski definition) is 2. The first kappa shape index (κ1) is 15.3. The summed E-state index contributed by atoms with van der Waals surface area (Å²) in [5.74, 6) is 1.30. The molecule has 0 saturated carbocycles. The number of nitrogens with two attached hydrogens (primary N) is 1. The molecule has 0 fully saturated rings. The van der Waals surface area contributed by atoms with Gasteiger partial charge in [-0.3, -0.25) is 4.79 Å². The van der Waals surface area contributed by atoms with Crippen LogP contribution in [0.2, 0.25) is 0 Å². The first-order chi connectivity index (χ1) is 10.2. The van der Waals surface area contributed by atoms with Gasteiger partial charge in [0.25, 0.3) is 5.56 Å². The lowest BCUT2D eigenvalue weighted by Gasteiger charge is -2.07. The van der Waals surface area contributed by atoms with Crippen LogP contribution >= 0.6 is 0 Å². The molecule has 0 spiro atoms. The van der Waals surface area contributed by atoms with Crippen molar-refractivity contribution in [2.75, 3.05) is 6.54 Å². The molecule has 0 radical (unpaired) electrons. The third kappa shape index (κ3) is 4.72. The minimum atomic E-state index is -0.156. The van der Waals surface area contributed by atoms with E-state index in [0.29, 0.717) is 18.8 Å². The zero-order valence-electron chi connectivity index (χ0n) is 12.3. The highest BCUT2D eigenvalue weighted by Gasteiger charge is 2.03. The fourth-order valence-corrected chi connectivity index (χ4v) is 2.02. The normalized spacial score (nSPS) is 10.6. The van der Waals surface area contributed by atoms with Gasteiger partial charge < -0.3 is 15.5 Å². The number of nitrogens with one attached hydrogen (secondary N) is 1.